The van der Waals surface area contributed by atoms with E-state index in [1.54, 1.807) is 11.8 Å². The molecular weight excluding hydrogens is 508 g/mol. The summed E-state index contributed by atoms with van der Waals surface area (Å²) in [6, 6.07) is 6.40. The fraction of sp³-hybridized carbons (Fsp3) is 0.581. The second-order valence-electron chi connectivity index (χ2n) is 9.87. The number of nitrogens with two attached hydrogens (primary N) is 2. The Morgan fingerprint density at radius 1 is 1.15 bits per heavy atom. The summed E-state index contributed by atoms with van der Waals surface area (Å²) in [5, 5.41) is 6.47. The smallest absolute Gasteiger partial charge is 0.220 e. The molecule has 1 aliphatic carbocycles. The average Bonchev–Trinajstić information content (AvgIpc) is 2.90. The van der Waals surface area contributed by atoms with Crippen LogP contribution < -0.4 is 22.1 Å². The van der Waals surface area contributed by atoms with Crippen molar-refractivity contribution >= 4 is 36.1 Å². The molecule has 1 fully saturated rings. The number of thioether (sulfide) groups is 1. The zero-order chi connectivity index (χ0) is 30.1. The van der Waals surface area contributed by atoms with E-state index in [4.69, 9.17) is 15.3 Å². The zero-order valence-electron chi connectivity index (χ0n) is 25.0. The molecule has 1 aliphatic rings. The van der Waals surface area contributed by atoms with Gasteiger partial charge in [-0.3, -0.25) is 14.4 Å². The lowest BCUT2D eigenvalue weighted by molar-refractivity contribution is -0.121. The van der Waals surface area contributed by atoms with Crippen molar-refractivity contribution in [2.45, 2.75) is 102 Å². The van der Waals surface area contributed by atoms with Gasteiger partial charge in [0.25, 0.3) is 0 Å². The lowest BCUT2D eigenvalue weighted by atomic mass is 9.84. The van der Waals surface area contributed by atoms with Crippen molar-refractivity contribution in [1.29, 1.82) is 0 Å². The number of rotatable bonds is 12. The maximum absolute atomic E-state index is 12.5. The molecule has 1 unspecified atom stereocenters. The Labute approximate surface area is 242 Å². The number of carbonyl (C=O) groups is 3. The van der Waals surface area contributed by atoms with Crippen LogP contribution in [0.3, 0.4) is 0 Å². The van der Waals surface area contributed by atoms with Crippen LogP contribution in [0.25, 0.3) is 0 Å². The summed E-state index contributed by atoms with van der Waals surface area (Å²) in [4.78, 5) is 32.2. The minimum absolute atomic E-state index is 0.117. The molecule has 0 saturated heterocycles. The SMILES string of the molecule is C=C(CCC(=O)NC(CNC)CC1CCCCC1)Sc1cc(C(C)C)ccc1N.C=CC=O.CCC.NC=O. The van der Waals surface area contributed by atoms with Crippen LogP contribution >= 0.6 is 11.8 Å². The molecule has 0 spiro atoms. The predicted molar refractivity (Wildman–Crippen MR) is 169 cm³/mol. The maximum Gasteiger partial charge on any atom is 0.220 e. The Morgan fingerprint density at radius 3 is 2.21 bits per heavy atom. The molecule has 2 amide bonds. The van der Waals surface area contributed by atoms with Gasteiger partial charge < -0.3 is 22.1 Å². The Hall–Kier alpha value is -2.58. The summed E-state index contributed by atoms with van der Waals surface area (Å²) >= 11 is 1.59. The van der Waals surface area contributed by atoms with Crippen molar-refractivity contribution in [1.82, 2.24) is 10.6 Å². The molecule has 2 rings (SSSR count). The van der Waals surface area contributed by atoms with Crippen LogP contribution in [0.5, 0.6) is 0 Å². The molecule has 1 aromatic rings. The van der Waals surface area contributed by atoms with Crippen LogP contribution in [0.4, 0.5) is 5.69 Å². The van der Waals surface area contributed by atoms with Crippen molar-refractivity contribution < 1.29 is 14.4 Å². The molecule has 1 atom stereocenters. The largest absolute Gasteiger partial charge is 0.398 e. The van der Waals surface area contributed by atoms with Crippen molar-refractivity contribution in [2.75, 3.05) is 19.3 Å². The minimum Gasteiger partial charge on any atom is -0.398 e. The number of likely N-dealkylation sites (N-methyl/N-ethyl adjacent to an activating group) is 1. The number of primary amides is 1. The number of nitrogens with one attached hydrogen (secondary N) is 2. The highest BCUT2D eigenvalue weighted by Crippen LogP contribution is 2.34. The van der Waals surface area contributed by atoms with Gasteiger partial charge >= 0.3 is 0 Å². The predicted octanol–water partition coefficient (Wildman–Crippen LogP) is 6.34. The van der Waals surface area contributed by atoms with Crippen LogP contribution in [-0.4, -0.2) is 38.2 Å². The van der Waals surface area contributed by atoms with Gasteiger partial charge in [0, 0.05) is 29.6 Å². The van der Waals surface area contributed by atoms with Crippen molar-refractivity contribution in [3.63, 3.8) is 0 Å². The van der Waals surface area contributed by atoms with E-state index >= 15 is 0 Å². The summed E-state index contributed by atoms with van der Waals surface area (Å²) in [5.41, 5.74) is 12.3. The van der Waals surface area contributed by atoms with Crippen LogP contribution in [0.2, 0.25) is 0 Å². The number of amides is 2. The molecule has 1 saturated carbocycles. The van der Waals surface area contributed by atoms with Gasteiger partial charge in [0.2, 0.25) is 12.3 Å². The fourth-order valence-electron chi connectivity index (χ4n) is 4.02. The van der Waals surface area contributed by atoms with E-state index in [-0.39, 0.29) is 18.4 Å². The monoisotopic (exact) mass is 562 g/mol. The summed E-state index contributed by atoms with van der Waals surface area (Å²) in [7, 11) is 1.95. The van der Waals surface area contributed by atoms with E-state index in [0.717, 1.165) is 34.4 Å². The molecule has 0 aromatic heterocycles. The number of hydrogen-bond acceptors (Lipinski definition) is 6. The molecule has 0 radical (unpaired) electrons. The van der Waals surface area contributed by atoms with Crippen LogP contribution in [0.15, 0.2) is 47.2 Å². The van der Waals surface area contributed by atoms with E-state index in [1.807, 2.05) is 13.1 Å². The third-order valence-electron chi connectivity index (χ3n) is 5.84. The molecule has 0 heterocycles. The highest BCUT2D eigenvalue weighted by molar-refractivity contribution is 8.03. The van der Waals surface area contributed by atoms with Crippen molar-refractivity contribution in [2.24, 2.45) is 11.7 Å². The van der Waals surface area contributed by atoms with Crippen molar-refractivity contribution in [3.8, 4) is 0 Å². The quantitative estimate of drug-likeness (QED) is 0.102. The number of anilines is 1. The maximum atomic E-state index is 12.5. The second kappa shape index (κ2) is 25.7. The Kier molecular flexibility index (Phi) is 25.4. The number of carbonyl (C=O) groups excluding carboxylic acids is 3. The third kappa shape index (κ3) is 21.0. The molecule has 1 aromatic carbocycles. The second-order valence-corrected chi connectivity index (χ2v) is 11.1. The minimum atomic E-state index is 0.117. The van der Waals surface area contributed by atoms with Gasteiger partial charge in [-0.25, -0.2) is 0 Å². The van der Waals surface area contributed by atoms with Gasteiger partial charge in [0.05, 0.1) is 0 Å². The molecule has 8 heteroatoms. The van der Waals surface area contributed by atoms with Gasteiger partial charge in [-0.05, 0) is 60.4 Å². The van der Waals surface area contributed by atoms with Crippen LogP contribution in [0.1, 0.15) is 97.0 Å². The Bertz CT molecular complexity index is 818. The molecule has 6 N–H and O–H groups in total. The van der Waals surface area contributed by atoms with E-state index in [9.17, 15) is 4.79 Å². The first kappa shape index (κ1) is 38.6. The molecule has 0 aliphatic heterocycles. The van der Waals surface area contributed by atoms with Gasteiger partial charge in [-0.2, -0.15) is 0 Å². The molecule has 7 nitrogen and oxygen atoms in total. The van der Waals surface area contributed by atoms with Crippen molar-refractivity contribution in [3.05, 3.63) is 47.9 Å². The summed E-state index contributed by atoms with van der Waals surface area (Å²) in [6.45, 7) is 16.7. The first-order chi connectivity index (χ1) is 18.6. The van der Waals surface area contributed by atoms with Gasteiger partial charge in [0.15, 0.2) is 0 Å². The highest BCUT2D eigenvalue weighted by Gasteiger charge is 2.20. The molecule has 39 heavy (non-hydrogen) atoms. The average molecular weight is 563 g/mol. The zero-order valence-corrected chi connectivity index (χ0v) is 25.8. The molecule has 0 bridgehead atoms. The summed E-state index contributed by atoms with van der Waals surface area (Å²) < 4.78 is 0. The van der Waals surface area contributed by atoms with Gasteiger partial charge in [-0.15, -0.1) is 0 Å². The topological polar surface area (TPSA) is 127 Å². The first-order valence-electron chi connectivity index (χ1n) is 14.0. The number of allylic oxidation sites excluding steroid dienone is 2. The van der Waals surface area contributed by atoms with Gasteiger partial charge in [0.1, 0.15) is 6.29 Å². The Morgan fingerprint density at radius 2 is 1.72 bits per heavy atom. The third-order valence-corrected chi connectivity index (χ3v) is 6.91. The van der Waals surface area contributed by atoms with Gasteiger partial charge in [-0.1, -0.05) is 97.2 Å². The normalized spacial score (nSPS) is 13.2. The number of aldehydes is 1. The fourth-order valence-corrected chi connectivity index (χ4v) is 4.92. The summed E-state index contributed by atoms with van der Waals surface area (Å²) in [5.74, 6) is 1.33. The number of benzene rings is 1. The van der Waals surface area contributed by atoms with E-state index in [1.165, 1.54) is 50.2 Å². The van der Waals surface area contributed by atoms with Crippen LogP contribution in [-0.2, 0) is 14.4 Å². The van der Waals surface area contributed by atoms with Crippen LogP contribution in [0, 0.1) is 5.92 Å². The molecular formula is C31H54N4O3S. The number of nitrogen functional groups attached to an aromatic ring is 1. The van der Waals surface area contributed by atoms with E-state index in [0.29, 0.717) is 25.0 Å². The number of hydrogen-bond donors (Lipinski definition) is 4. The Balaban J connectivity index is 0. The first-order valence-corrected chi connectivity index (χ1v) is 14.9. The van der Waals surface area contributed by atoms with E-state index < -0.39 is 0 Å². The van der Waals surface area contributed by atoms with E-state index in [2.05, 4.69) is 69.4 Å². The lowest BCUT2D eigenvalue weighted by Crippen LogP contribution is -2.42. The highest BCUT2D eigenvalue weighted by atomic mass is 32.2. The summed E-state index contributed by atoms with van der Waals surface area (Å²) in [6.07, 6.45) is 12.2. The molecule has 222 valence electrons. The lowest BCUT2D eigenvalue weighted by Gasteiger charge is -2.27. The standard InChI is InChI=1S/C24H39N3OS.C3H4O.C3H8.CH3NO/c1-17(2)20-11-12-22(25)23(15-20)29-18(3)10-13-24(28)27-21(16-26-4)14-19-8-6-5-7-9-19;1-2-3-4;1-3-2;2-1-3/h11-12,15,17,19,21,26H,3,5-10,13-14,16,25H2,1-2,4H3,(H,27,28);2-3H,1H2;3H2,1-2H3;1H,(H2,2,3).